The van der Waals surface area contributed by atoms with E-state index in [9.17, 15) is 14.0 Å². The van der Waals surface area contributed by atoms with Gasteiger partial charge in [-0.2, -0.15) is 0 Å². The summed E-state index contributed by atoms with van der Waals surface area (Å²) in [5.74, 6) is -0.143. The van der Waals surface area contributed by atoms with Crippen molar-refractivity contribution in [1.82, 2.24) is 9.80 Å². The summed E-state index contributed by atoms with van der Waals surface area (Å²) in [7, 11) is 3.97. The maximum atomic E-state index is 14.1. The fraction of sp³-hybridized carbons (Fsp3) is 0.520. The number of halogens is 1. The molecular weight excluding hydrogens is 411 g/mol. The monoisotopic (exact) mass is 442 g/mol. The smallest absolute Gasteiger partial charge is 0.290 e. The molecule has 0 saturated heterocycles. The Bertz CT molecular complexity index is 928. The van der Waals surface area contributed by atoms with E-state index in [4.69, 9.17) is 9.47 Å². The van der Waals surface area contributed by atoms with E-state index in [0.717, 1.165) is 18.5 Å². The number of fused-ring (bicyclic) bond motifs is 1. The highest BCUT2D eigenvalue weighted by molar-refractivity contribution is 6.11. The number of ether oxygens (including phenoxy) is 2. The molecule has 1 aliphatic carbocycles. The van der Waals surface area contributed by atoms with Crippen molar-refractivity contribution in [3.05, 3.63) is 53.8 Å². The lowest BCUT2D eigenvalue weighted by atomic mass is 9.77. The molecule has 4 atom stereocenters. The van der Waals surface area contributed by atoms with Crippen LogP contribution in [0.5, 0.6) is 5.75 Å². The van der Waals surface area contributed by atoms with Gasteiger partial charge in [0, 0.05) is 6.54 Å². The van der Waals surface area contributed by atoms with Gasteiger partial charge in [-0.25, -0.2) is 4.39 Å². The summed E-state index contributed by atoms with van der Waals surface area (Å²) >= 11 is 0. The van der Waals surface area contributed by atoms with Crippen molar-refractivity contribution in [1.29, 1.82) is 0 Å². The lowest BCUT2D eigenvalue weighted by Gasteiger charge is -2.36. The first-order valence-electron chi connectivity index (χ1n) is 11.3. The van der Waals surface area contributed by atoms with Crippen LogP contribution in [0.25, 0.3) is 0 Å². The van der Waals surface area contributed by atoms with Crippen molar-refractivity contribution in [2.45, 2.75) is 44.0 Å². The largest absolute Gasteiger partial charge is 0.490 e. The number of ketones is 1. The van der Waals surface area contributed by atoms with Crippen LogP contribution in [-0.4, -0.2) is 67.6 Å². The highest BCUT2D eigenvalue weighted by Crippen LogP contribution is 2.47. The molecule has 7 heteroatoms. The van der Waals surface area contributed by atoms with E-state index in [-0.39, 0.29) is 23.9 Å². The molecule has 1 saturated carbocycles. The third kappa shape index (κ3) is 4.31. The van der Waals surface area contributed by atoms with E-state index in [1.807, 2.05) is 38.4 Å². The van der Waals surface area contributed by atoms with Gasteiger partial charge in [0.1, 0.15) is 24.6 Å². The second-order valence-corrected chi connectivity index (χ2v) is 9.01. The molecule has 0 N–H and O–H groups in total. The van der Waals surface area contributed by atoms with Crippen molar-refractivity contribution < 1.29 is 23.5 Å². The summed E-state index contributed by atoms with van der Waals surface area (Å²) < 4.78 is 25.9. The van der Waals surface area contributed by atoms with Crippen LogP contribution in [0, 0.1) is 5.92 Å². The SMILES string of the molecule is C=CCOc1cccc(C2C3=C(OC4CCC(F)CC4C3=O)C(=O)N2CCCN(C)C)c1. The van der Waals surface area contributed by atoms with E-state index in [1.165, 1.54) is 0 Å². The van der Waals surface area contributed by atoms with Crippen molar-refractivity contribution >= 4 is 11.7 Å². The van der Waals surface area contributed by atoms with Crippen LogP contribution in [0.3, 0.4) is 0 Å². The first kappa shape index (κ1) is 22.5. The summed E-state index contributed by atoms with van der Waals surface area (Å²) in [5.41, 5.74) is 1.16. The zero-order chi connectivity index (χ0) is 22.8. The van der Waals surface area contributed by atoms with Crippen molar-refractivity contribution in [3.63, 3.8) is 0 Å². The first-order chi connectivity index (χ1) is 15.4. The van der Waals surface area contributed by atoms with Gasteiger partial charge in [0.25, 0.3) is 5.91 Å². The van der Waals surface area contributed by atoms with Crippen LogP contribution >= 0.6 is 0 Å². The summed E-state index contributed by atoms with van der Waals surface area (Å²) in [6.45, 7) is 5.33. The van der Waals surface area contributed by atoms with Gasteiger partial charge < -0.3 is 19.3 Å². The normalized spacial score (nSPS) is 27.3. The molecule has 4 unspecified atom stereocenters. The number of alkyl halides is 1. The molecule has 6 nitrogen and oxygen atoms in total. The van der Waals surface area contributed by atoms with Gasteiger partial charge in [-0.1, -0.05) is 24.8 Å². The van der Waals surface area contributed by atoms with Crippen LogP contribution in [0.1, 0.15) is 37.3 Å². The lowest BCUT2D eigenvalue weighted by molar-refractivity contribution is -0.136. The van der Waals surface area contributed by atoms with E-state index < -0.39 is 24.2 Å². The summed E-state index contributed by atoms with van der Waals surface area (Å²) in [6.07, 6.45) is 1.98. The van der Waals surface area contributed by atoms with E-state index >= 15 is 0 Å². The number of benzene rings is 1. The molecule has 3 aliphatic rings. The Morgan fingerprint density at radius 1 is 1.31 bits per heavy atom. The van der Waals surface area contributed by atoms with Gasteiger partial charge in [0.05, 0.1) is 17.5 Å². The molecule has 0 bridgehead atoms. The fourth-order valence-electron chi connectivity index (χ4n) is 4.93. The minimum atomic E-state index is -1.01. The van der Waals surface area contributed by atoms with Crippen LogP contribution in [0.2, 0.25) is 0 Å². The van der Waals surface area contributed by atoms with Gasteiger partial charge in [-0.15, -0.1) is 0 Å². The highest BCUT2D eigenvalue weighted by atomic mass is 19.1. The predicted octanol–water partition coefficient (Wildman–Crippen LogP) is 3.45. The number of nitrogens with zero attached hydrogens (tertiary/aromatic N) is 2. The van der Waals surface area contributed by atoms with E-state index in [0.29, 0.717) is 37.3 Å². The average molecular weight is 443 g/mol. The Morgan fingerprint density at radius 2 is 2.12 bits per heavy atom. The molecule has 32 heavy (non-hydrogen) atoms. The molecule has 4 rings (SSSR count). The van der Waals surface area contributed by atoms with Crippen LogP contribution in [0.4, 0.5) is 4.39 Å². The molecule has 2 aliphatic heterocycles. The van der Waals surface area contributed by atoms with Crippen molar-refractivity contribution in [2.75, 3.05) is 33.8 Å². The van der Waals surface area contributed by atoms with Crippen molar-refractivity contribution in [2.24, 2.45) is 5.92 Å². The molecule has 0 aromatic heterocycles. The van der Waals surface area contributed by atoms with Crippen LogP contribution in [-0.2, 0) is 14.3 Å². The molecule has 1 fully saturated rings. The molecule has 1 aromatic carbocycles. The lowest BCUT2D eigenvalue weighted by Crippen LogP contribution is -2.42. The van der Waals surface area contributed by atoms with Gasteiger partial charge in [-0.05, 0) is 64.0 Å². The number of carbonyl (C=O) groups excluding carboxylic acids is 2. The summed E-state index contributed by atoms with van der Waals surface area (Å²) in [6, 6.07) is 6.88. The highest BCUT2D eigenvalue weighted by Gasteiger charge is 2.52. The third-order valence-corrected chi connectivity index (χ3v) is 6.43. The maximum Gasteiger partial charge on any atom is 0.290 e. The maximum absolute atomic E-state index is 14.1. The number of carbonyl (C=O) groups is 2. The Labute approximate surface area is 188 Å². The molecule has 172 valence electrons. The average Bonchev–Trinajstić information content (AvgIpc) is 3.05. The fourth-order valence-corrected chi connectivity index (χ4v) is 4.93. The first-order valence-corrected chi connectivity index (χ1v) is 11.3. The number of amides is 1. The molecule has 1 aromatic rings. The predicted molar refractivity (Wildman–Crippen MR) is 119 cm³/mol. The number of hydrogen-bond donors (Lipinski definition) is 0. The van der Waals surface area contributed by atoms with Gasteiger partial charge in [0.15, 0.2) is 11.5 Å². The second kappa shape index (κ2) is 9.45. The summed E-state index contributed by atoms with van der Waals surface area (Å²) in [4.78, 5) is 30.7. The molecule has 2 heterocycles. The summed E-state index contributed by atoms with van der Waals surface area (Å²) in [5, 5.41) is 0. The quantitative estimate of drug-likeness (QED) is 0.577. The zero-order valence-corrected chi connectivity index (χ0v) is 18.8. The Hall–Kier alpha value is -2.67. The van der Waals surface area contributed by atoms with Gasteiger partial charge in [0.2, 0.25) is 0 Å². The molecule has 1 amide bonds. The minimum absolute atomic E-state index is 0.149. The molecular formula is C25H31FN2O4. The number of hydrogen-bond acceptors (Lipinski definition) is 5. The van der Waals surface area contributed by atoms with Gasteiger partial charge >= 0.3 is 0 Å². The third-order valence-electron chi connectivity index (χ3n) is 6.43. The molecule has 0 radical (unpaired) electrons. The second-order valence-electron chi connectivity index (χ2n) is 9.01. The van der Waals surface area contributed by atoms with Gasteiger partial charge in [-0.3, -0.25) is 9.59 Å². The Morgan fingerprint density at radius 3 is 2.88 bits per heavy atom. The topological polar surface area (TPSA) is 59.1 Å². The molecule has 0 spiro atoms. The van der Waals surface area contributed by atoms with E-state index in [1.54, 1.807) is 11.0 Å². The standard InChI is InChI=1S/C25H31FN2O4/c1-4-13-31-18-8-5-7-16(14-18)22-21-23(29)19-15-17(26)9-10-20(19)32-24(21)25(30)28(22)12-6-11-27(2)3/h4-5,7-8,14,17,19-20,22H,1,6,9-13,15H2,2-3H3. The van der Waals surface area contributed by atoms with Crippen molar-refractivity contribution in [3.8, 4) is 5.75 Å². The number of rotatable bonds is 8. The Kier molecular flexibility index (Phi) is 6.65. The zero-order valence-electron chi connectivity index (χ0n) is 18.8. The van der Waals surface area contributed by atoms with Crippen LogP contribution in [0.15, 0.2) is 48.3 Å². The van der Waals surface area contributed by atoms with E-state index in [2.05, 4.69) is 11.5 Å². The van der Waals surface area contributed by atoms with Crippen LogP contribution < -0.4 is 4.74 Å². The number of Topliss-reactive ketones (excluding diaryl/α,β-unsaturated/α-hetero) is 1. The Balaban J connectivity index is 1.70. The minimum Gasteiger partial charge on any atom is -0.490 e.